The molecular weight excluding hydrogens is 669 g/mol. The Labute approximate surface area is 322 Å². The van der Waals surface area contributed by atoms with E-state index in [1.54, 1.807) is 0 Å². The van der Waals surface area contributed by atoms with Crippen LogP contribution in [0.1, 0.15) is 51.7 Å². The van der Waals surface area contributed by atoms with Crippen LogP contribution in [0.4, 0.5) is 0 Å². The summed E-state index contributed by atoms with van der Waals surface area (Å²) >= 11 is 0. The average Bonchev–Trinajstić information content (AvgIpc) is 3.54. The SMILES string of the molecule is CC1(C)CCC(C)(C)c2cc3c(cc21)c1cc2ccccc2cc1n3-c1ccc(-c2nc(-c3ccccc3)nc(-c3cccc(-c4ccccc4)c3)n2)cc1. The number of nitrogens with zero attached hydrogens (tertiary/aromatic N) is 4. The first-order valence-electron chi connectivity index (χ1n) is 19.3. The Kier molecular flexibility index (Phi) is 7.60. The maximum atomic E-state index is 5.11. The predicted molar refractivity (Wildman–Crippen MR) is 229 cm³/mol. The van der Waals surface area contributed by atoms with Crippen LogP contribution in [0.3, 0.4) is 0 Å². The summed E-state index contributed by atoms with van der Waals surface area (Å²) in [4.78, 5) is 15.2. The van der Waals surface area contributed by atoms with Crippen LogP contribution in [0.2, 0.25) is 0 Å². The Balaban J connectivity index is 1.14. The first-order chi connectivity index (χ1) is 26.7. The Morgan fingerprint density at radius 1 is 0.400 bits per heavy atom. The van der Waals surface area contributed by atoms with E-state index in [9.17, 15) is 0 Å². The van der Waals surface area contributed by atoms with Crippen LogP contribution in [0, 0.1) is 0 Å². The van der Waals surface area contributed by atoms with E-state index in [0.717, 1.165) is 33.5 Å². The third kappa shape index (κ3) is 5.72. The van der Waals surface area contributed by atoms with Crippen LogP contribution < -0.4 is 0 Å². The zero-order valence-corrected chi connectivity index (χ0v) is 31.7. The third-order valence-corrected chi connectivity index (χ3v) is 11.9. The van der Waals surface area contributed by atoms with Crippen molar-refractivity contribution < 1.29 is 0 Å². The van der Waals surface area contributed by atoms with E-state index in [2.05, 4.69) is 166 Å². The molecule has 0 radical (unpaired) electrons. The molecule has 7 aromatic carbocycles. The van der Waals surface area contributed by atoms with Crippen LogP contribution in [-0.2, 0) is 10.8 Å². The number of aromatic nitrogens is 4. The summed E-state index contributed by atoms with van der Waals surface area (Å²) in [5.74, 6) is 1.95. The number of rotatable bonds is 5. The van der Waals surface area contributed by atoms with Gasteiger partial charge in [0.25, 0.3) is 0 Å². The zero-order valence-electron chi connectivity index (χ0n) is 31.7. The van der Waals surface area contributed by atoms with Crippen molar-refractivity contribution in [2.24, 2.45) is 0 Å². The lowest BCUT2D eigenvalue weighted by Gasteiger charge is -2.42. The van der Waals surface area contributed by atoms with Crippen molar-refractivity contribution in [3.63, 3.8) is 0 Å². The van der Waals surface area contributed by atoms with Gasteiger partial charge in [-0.15, -0.1) is 0 Å². The van der Waals surface area contributed by atoms with E-state index in [0.29, 0.717) is 17.5 Å². The Hall–Kier alpha value is -6.39. The Morgan fingerprint density at radius 2 is 0.873 bits per heavy atom. The van der Waals surface area contributed by atoms with E-state index in [1.807, 2.05) is 24.3 Å². The minimum Gasteiger partial charge on any atom is -0.309 e. The summed E-state index contributed by atoms with van der Waals surface area (Å²) in [6, 6.07) is 56.3. The Morgan fingerprint density at radius 3 is 1.53 bits per heavy atom. The van der Waals surface area contributed by atoms with Crippen molar-refractivity contribution in [3.05, 3.63) is 169 Å². The highest BCUT2D eigenvalue weighted by Gasteiger charge is 2.38. The van der Waals surface area contributed by atoms with Crippen molar-refractivity contribution in [2.75, 3.05) is 0 Å². The largest absolute Gasteiger partial charge is 0.309 e. The average molecular weight is 711 g/mol. The molecule has 0 saturated carbocycles. The molecule has 0 spiro atoms. The second-order valence-corrected chi connectivity index (χ2v) is 16.4. The summed E-state index contributed by atoms with van der Waals surface area (Å²) in [5.41, 5.74) is 11.9. The fraction of sp³-hybridized carbons (Fsp3) is 0.157. The van der Waals surface area contributed by atoms with Crippen molar-refractivity contribution in [1.29, 1.82) is 0 Å². The minimum atomic E-state index is 0.0996. The van der Waals surface area contributed by atoms with Gasteiger partial charge in [-0.25, -0.2) is 15.0 Å². The highest BCUT2D eigenvalue weighted by Crippen LogP contribution is 2.49. The van der Waals surface area contributed by atoms with Crippen LogP contribution in [0.5, 0.6) is 0 Å². The molecule has 1 aliphatic carbocycles. The fourth-order valence-electron chi connectivity index (χ4n) is 8.62. The molecule has 4 heteroatoms. The van der Waals surface area contributed by atoms with Gasteiger partial charge in [0.15, 0.2) is 17.5 Å². The monoisotopic (exact) mass is 710 g/mol. The normalized spacial score (nSPS) is 14.7. The van der Waals surface area contributed by atoms with Crippen LogP contribution in [0.25, 0.3) is 83.6 Å². The highest BCUT2D eigenvalue weighted by molar-refractivity contribution is 6.14. The molecule has 0 bridgehead atoms. The second kappa shape index (κ2) is 12.6. The zero-order chi connectivity index (χ0) is 37.3. The molecular formula is C51H42N4. The molecule has 2 heterocycles. The summed E-state index contributed by atoms with van der Waals surface area (Å²) < 4.78 is 2.46. The number of hydrogen-bond donors (Lipinski definition) is 0. The third-order valence-electron chi connectivity index (χ3n) is 11.9. The van der Waals surface area contributed by atoms with Crippen LogP contribution in [-0.4, -0.2) is 19.5 Å². The molecule has 9 aromatic rings. The summed E-state index contributed by atoms with van der Waals surface area (Å²) in [5, 5.41) is 5.09. The van der Waals surface area contributed by atoms with Gasteiger partial charge in [-0.2, -0.15) is 0 Å². The molecule has 4 nitrogen and oxygen atoms in total. The van der Waals surface area contributed by atoms with Gasteiger partial charge in [-0.05, 0) is 111 Å². The van der Waals surface area contributed by atoms with Gasteiger partial charge < -0.3 is 4.57 Å². The first-order valence-corrected chi connectivity index (χ1v) is 19.3. The number of benzene rings is 7. The van der Waals surface area contributed by atoms with E-state index < -0.39 is 0 Å². The molecule has 0 fully saturated rings. The molecule has 266 valence electrons. The standard InChI is InChI=1S/C51H42N4/c1-50(2)26-27-51(3,4)44-32-46-42(31-43(44)50)41-29-37-18-11-12-19-38(37)30-45(41)55(46)40-24-22-35(23-25-40)48-52-47(34-16-9-6-10-17-34)53-49(54-48)39-21-13-20-36(28-39)33-14-7-5-8-15-33/h5-25,28-32H,26-27H2,1-4H3. The summed E-state index contributed by atoms with van der Waals surface area (Å²) in [6.45, 7) is 9.65. The summed E-state index contributed by atoms with van der Waals surface area (Å²) in [6.07, 6.45) is 2.36. The number of hydrogen-bond acceptors (Lipinski definition) is 3. The van der Waals surface area contributed by atoms with Crippen molar-refractivity contribution in [3.8, 4) is 51.0 Å². The molecule has 0 aliphatic heterocycles. The van der Waals surface area contributed by atoms with Gasteiger partial charge in [-0.3, -0.25) is 0 Å². The van der Waals surface area contributed by atoms with Crippen molar-refractivity contribution in [1.82, 2.24) is 19.5 Å². The van der Waals surface area contributed by atoms with Gasteiger partial charge in [0.2, 0.25) is 0 Å². The van der Waals surface area contributed by atoms with E-state index >= 15 is 0 Å². The lowest BCUT2D eigenvalue weighted by Crippen LogP contribution is -2.33. The lowest BCUT2D eigenvalue weighted by molar-refractivity contribution is 0.332. The van der Waals surface area contributed by atoms with E-state index in [1.165, 1.54) is 56.5 Å². The predicted octanol–water partition coefficient (Wildman–Crippen LogP) is 13.1. The molecule has 0 saturated heterocycles. The van der Waals surface area contributed by atoms with E-state index in [4.69, 9.17) is 15.0 Å². The summed E-state index contributed by atoms with van der Waals surface area (Å²) in [7, 11) is 0. The molecule has 0 unspecified atom stereocenters. The van der Waals surface area contributed by atoms with Crippen LogP contribution >= 0.6 is 0 Å². The quantitative estimate of drug-likeness (QED) is 0.179. The van der Waals surface area contributed by atoms with Crippen molar-refractivity contribution in [2.45, 2.75) is 51.4 Å². The fourth-order valence-corrected chi connectivity index (χ4v) is 8.62. The van der Waals surface area contributed by atoms with Gasteiger partial charge in [0, 0.05) is 33.2 Å². The molecule has 1 aliphatic rings. The Bertz CT molecular complexity index is 2900. The highest BCUT2D eigenvalue weighted by atomic mass is 15.0. The smallest absolute Gasteiger partial charge is 0.164 e. The minimum absolute atomic E-state index is 0.0996. The topological polar surface area (TPSA) is 43.6 Å². The lowest BCUT2D eigenvalue weighted by atomic mass is 9.63. The maximum Gasteiger partial charge on any atom is 0.164 e. The van der Waals surface area contributed by atoms with Crippen LogP contribution in [0.15, 0.2) is 158 Å². The molecule has 55 heavy (non-hydrogen) atoms. The second-order valence-electron chi connectivity index (χ2n) is 16.4. The molecule has 2 aromatic heterocycles. The maximum absolute atomic E-state index is 5.11. The van der Waals surface area contributed by atoms with Gasteiger partial charge in [0.1, 0.15) is 0 Å². The molecule has 0 amide bonds. The molecule has 0 atom stereocenters. The first kappa shape index (κ1) is 33.2. The van der Waals surface area contributed by atoms with Gasteiger partial charge >= 0.3 is 0 Å². The van der Waals surface area contributed by atoms with Crippen molar-refractivity contribution >= 4 is 32.6 Å². The molecule has 10 rings (SSSR count). The molecule has 0 N–H and O–H groups in total. The van der Waals surface area contributed by atoms with Gasteiger partial charge in [0.05, 0.1) is 11.0 Å². The van der Waals surface area contributed by atoms with Gasteiger partial charge in [-0.1, -0.05) is 131 Å². The number of fused-ring (bicyclic) bond motifs is 5. The van der Waals surface area contributed by atoms with E-state index in [-0.39, 0.29) is 10.8 Å².